The summed E-state index contributed by atoms with van der Waals surface area (Å²) in [6.07, 6.45) is 4.98. The fraction of sp³-hybridized carbons (Fsp3) is 0.600. The molecule has 1 aliphatic rings. The van der Waals surface area contributed by atoms with Gasteiger partial charge in [0.1, 0.15) is 11.4 Å². The Morgan fingerprint density at radius 1 is 1.45 bits per heavy atom. The fourth-order valence-electron chi connectivity index (χ4n) is 2.46. The maximum absolute atomic E-state index is 11.3. The van der Waals surface area contributed by atoms with Gasteiger partial charge in [0.2, 0.25) is 0 Å². The van der Waals surface area contributed by atoms with Gasteiger partial charge in [-0.3, -0.25) is 0 Å². The zero-order valence-corrected chi connectivity index (χ0v) is 11.9. The number of nitrogens with one attached hydrogen (secondary N) is 1. The Labute approximate surface area is 119 Å². The van der Waals surface area contributed by atoms with Crippen LogP contribution in [0.5, 0.6) is 0 Å². The predicted octanol–water partition coefficient (Wildman–Crippen LogP) is 2.50. The van der Waals surface area contributed by atoms with Crippen molar-refractivity contribution in [3.05, 3.63) is 22.9 Å². The Kier molecular flexibility index (Phi) is 5.35. The molecule has 0 bridgehead atoms. The normalized spacial score (nSPS) is 13.8. The van der Waals surface area contributed by atoms with Crippen molar-refractivity contribution >= 4 is 11.8 Å². The van der Waals surface area contributed by atoms with Crippen LogP contribution < -0.4 is 5.32 Å². The highest BCUT2D eigenvalue weighted by Gasteiger charge is 2.18. The molecule has 2 rings (SSSR count). The van der Waals surface area contributed by atoms with Crippen molar-refractivity contribution in [3.8, 4) is 0 Å². The number of pyridine rings is 1. The van der Waals surface area contributed by atoms with E-state index in [2.05, 4.69) is 10.3 Å². The van der Waals surface area contributed by atoms with Crippen molar-refractivity contribution in [1.29, 1.82) is 0 Å². The summed E-state index contributed by atoms with van der Waals surface area (Å²) >= 11 is 0. The lowest BCUT2D eigenvalue weighted by atomic mass is 9.94. The van der Waals surface area contributed by atoms with Crippen LogP contribution in [-0.2, 0) is 17.6 Å². The molecule has 0 saturated heterocycles. The minimum absolute atomic E-state index is 0.280. The van der Waals surface area contributed by atoms with Gasteiger partial charge in [0.05, 0.1) is 0 Å². The number of anilines is 1. The number of ether oxygens (including phenoxy) is 1. The molecule has 0 aliphatic heterocycles. The maximum Gasteiger partial charge on any atom is 0.339 e. The molecule has 110 valence electrons. The van der Waals surface area contributed by atoms with Crippen molar-refractivity contribution in [3.63, 3.8) is 0 Å². The molecule has 0 atom stereocenters. The first-order chi connectivity index (χ1) is 9.72. The van der Waals surface area contributed by atoms with Crippen LogP contribution in [0, 0.1) is 0 Å². The molecule has 1 aromatic rings. The molecular formula is C15H22N2O3. The zero-order valence-electron chi connectivity index (χ0n) is 11.9. The van der Waals surface area contributed by atoms with Crippen LogP contribution in [0.25, 0.3) is 0 Å². The van der Waals surface area contributed by atoms with E-state index in [1.807, 2.05) is 6.92 Å². The zero-order chi connectivity index (χ0) is 14.4. The molecule has 2 N–H and O–H groups in total. The first-order valence-electron chi connectivity index (χ1n) is 7.30. The Hall–Kier alpha value is -1.62. The van der Waals surface area contributed by atoms with Gasteiger partial charge in [0.15, 0.2) is 0 Å². The van der Waals surface area contributed by atoms with Crippen molar-refractivity contribution in [2.75, 3.05) is 25.1 Å². The van der Waals surface area contributed by atoms with Gasteiger partial charge < -0.3 is 15.2 Å². The van der Waals surface area contributed by atoms with Gasteiger partial charge in [-0.15, -0.1) is 0 Å². The lowest BCUT2D eigenvalue weighted by Gasteiger charge is -2.18. The third-order valence-electron chi connectivity index (χ3n) is 3.49. The average molecular weight is 278 g/mol. The van der Waals surface area contributed by atoms with Gasteiger partial charge in [-0.2, -0.15) is 0 Å². The summed E-state index contributed by atoms with van der Waals surface area (Å²) in [4.78, 5) is 15.9. The number of fused-ring (bicyclic) bond motifs is 1. The topological polar surface area (TPSA) is 71.5 Å². The molecule has 0 fully saturated rings. The molecule has 1 heterocycles. The Morgan fingerprint density at radius 3 is 3.00 bits per heavy atom. The van der Waals surface area contributed by atoms with E-state index in [-0.39, 0.29) is 5.56 Å². The Morgan fingerprint density at radius 2 is 2.25 bits per heavy atom. The summed E-state index contributed by atoms with van der Waals surface area (Å²) in [6, 6.07) is 1.79. The van der Waals surface area contributed by atoms with E-state index in [0.717, 1.165) is 43.4 Å². The minimum atomic E-state index is -0.918. The molecule has 0 radical (unpaired) electrons. The molecule has 5 nitrogen and oxygen atoms in total. The van der Waals surface area contributed by atoms with Crippen LogP contribution in [0.4, 0.5) is 5.82 Å². The van der Waals surface area contributed by atoms with Crippen LogP contribution in [-0.4, -0.2) is 35.8 Å². The number of nitrogens with zero attached hydrogens (tertiary/aromatic N) is 1. The summed E-state index contributed by atoms with van der Waals surface area (Å²) in [6.45, 7) is 4.02. The Balaban J connectivity index is 2.07. The highest BCUT2D eigenvalue weighted by molar-refractivity contribution is 5.93. The first-order valence-corrected chi connectivity index (χ1v) is 7.30. The third kappa shape index (κ3) is 3.70. The largest absolute Gasteiger partial charge is 0.478 e. The van der Waals surface area contributed by atoms with E-state index in [9.17, 15) is 9.90 Å². The number of aromatic nitrogens is 1. The first kappa shape index (κ1) is 14.8. The van der Waals surface area contributed by atoms with Crippen molar-refractivity contribution < 1.29 is 14.6 Å². The van der Waals surface area contributed by atoms with Crippen LogP contribution in [0.1, 0.15) is 47.8 Å². The maximum atomic E-state index is 11.3. The van der Waals surface area contributed by atoms with Crippen molar-refractivity contribution in [1.82, 2.24) is 4.98 Å². The summed E-state index contributed by atoms with van der Waals surface area (Å²) < 4.78 is 5.26. The summed E-state index contributed by atoms with van der Waals surface area (Å²) in [5, 5.41) is 12.4. The standard InChI is InChI=1S/C15H22N2O3/c1-2-20-9-5-8-16-14-12(15(18)19)10-11-6-3-4-7-13(11)17-14/h10H,2-9H2,1H3,(H,16,17)(H,18,19). The number of carboxylic acids is 1. The van der Waals surface area contributed by atoms with E-state index in [1.54, 1.807) is 6.07 Å². The van der Waals surface area contributed by atoms with E-state index in [1.165, 1.54) is 0 Å². The van der Waals surface area contributed by atoms with Gasteiger partial charge in [-0.05, 0) is 50.7 Å². The molecule has 1 aliphatic carbocycles. The molecule has 0 spiro atoms. The number of aromatic carboxylic acids is 1. The number of hydrogen-bond donors (Lipinski definition) is 2. The average Bonchev–Trinajstić information content (AvgIpc) is 2.46. The number of rotatable bonds is 7. The van der Waals surface area contributed by atoms with Gasteiger partial charge in [0, 0.05) is 25.5 Å². The van der Waals surface area contributed by atoms with Crippen LogP contribution in [0.2, 0.25) is 0 Å². The lowest BCUT2D eigenvalue weighted by Crippen LogP contribution is -2.15. The fourth-order valence-corrected chi connectivity index (χ4v) is 2.46. The molecule has 0 unspecified atom stereocenters. The number of carbonyl (C=O) groups is 1. The van der Waals surface area contributed by atoms with Crippen LogP contribution >= 0.6 is 0 Å². The van der Waals surface area contributed by atoms with Crippen LogP contribution in [0.15, 0.2) is 6.07 Å². The third-order valence-corrected chi connectivity index (χ3v) is 3.49. The summed E-state index contributed by atoms with van der Waals surface area (Å²) in [7, 11) is 0. The number of carboxylic acid groups (broad SMARTS) is 1. The molecule has 1 aromatic heterocycles. The smallest absolute Gasteiger partial charge is 0.339 e. The second-order valence-corrected chi connectivity index (χ2v) is 4.98. The van der Waals surface area contributed by atoms with E-state index < -0.39 is 5.97 Å². The number of hydrogen-bond acceptors (Lipinski definition) is 4. The molecule has 20 heavy (non-hydrogen) atoms. The molecule has 5 heteroatoms. The minimum Gasteiger partial charge on any atom is -0.478 e. The van der Waals surface area contributed by atoms with Gasteiger partial charge in [-0.1, -0.05) is 0 Å². The Bertz CT molecular complexity index is 474. The lowest BCUT2D eigenvalue weighted by molar-refractivity contribution is 0.0697. The second-order valence-electron chi connectivity index (χ2n) is 4.98. The van der Waals surface area contributed by atoms with Gasteiger partial charge in [0.25, 0.3) is 0 Å². The predicted molar refractivity (Wildman–Crippen MR) is 77.4 cm³/mol. The molecule has 0 amide bonds. The quantitative estimate of drug-likeness (QED) is 0.750. The molecule has 0 aromatic carbocycles. The van der Waals surface area contributed by atoms with Gasteiger partial charge in [-0.25, -0.2) is 9.78 Å². The molecule has 0 saturated carbocycles. The second kappa shape index (κ2) is 7.24. The van der Waals surface area contributed by atoms with E-state index >= 15 is 0 Å². The highest BCUT2D eigenvalue weighted by atomic mass is 16.5. The summed E-state index contributed by atoms with van der Waals surface area (Å²) in [5.74, 6) is -0.423. The monoisotopic (exact) mass is 278 g/mol. The van der Waals surface area contributed by atoms with E-state index in [0.29, 0.717) is 25.6 Å². The van der Waals surface area contributed by atoms with Crippen molar-refractivity contribution in [2.45, 2.75) is 39.0 Å². The van der Waals surface area contributed by atoms with Crippen LogP contribution in [0.3, 0.4) is 0 Å². The highest BCUT2D eigenvalue weighted by Crippen LogP contribution is 2.24. The number of aryl methyl sites for hydroxylation is 2. The van der Waals surface area contributed by atoms with Gasteiger partial charge >= 0.3 is 5.97 Å². The van der Waals surface area contributed by atoms with E-state index in [4.69, 9.17) is 4.74 Å². The summed E-state index contributed by atoms with van der Waals surface area (Å²) in [5.41, 5.74) is 2.42. The SMILES string of the molecule is CCOCCCNc1nc2c(cc1C(=O)O)CCCC2. The molecular weight excluding hydrogens is 256 g/mol. The van der Waals surface area contributed by atoms with Crippen molar-refractivity contribution in [2.24, 2.45) is 0 Å².